The number of amides is 1. The Balaban J connectivity index is 1.79. The number of ether oxygens (including phenoxy) is 2. The van der Waals surface area contributed by atoms with Gasteiger partial charge in [-0.15, -0.1) is 0 Å². The number of hydrogen-bond donors (Lipinski definition) is 2. The van der Waals surface area contributed by atoms with E-state index < -0.39 is 54.3 Å². The fourth-order valence-electron chi connectivity index (χ4n) is 2.95. The Morgan fingerprint density at radius 1 is 1.26 bits per heavy atom. The van der Waals surface area contributed by atoms with Gasteiger partial charge in [-0.3, -0.25) is 19.1 Å². The number of carbonyl (C=O) groups excluding carboxylic acids is 2. The Bertz CT molecular complexity index is 1090. The summed E-state index contributed by atoms with van der Waals surface area (Å²) in [6, 6.07) is 6.67. The maximum Gasteiger partial charge on any atom is 0.471 e. The monoisotopic (exact) mass is 553 g/mol. The van der Waals surface area contributed by atoms with Gasteiger partial charge < -0.3 is 14.8 Å². The molecular weight excluding hydrogens is 538 g/mol. The van der Waals surface area contributed by atoms with Crippen molar-refractivity contribution in [2.75, 3.05) is 6.61 Å². The van der Waals surface area contributed by atoms with Gasteiger partial charge in [0.2, 0.25) is 0 Å². The minimum absolute atomic E-state index is 0.149. The van der Waals surface area contributed by atoms with E-state index in [1.54, 1.807) is 40.8 Å². The minimum atomic E-state index is -5.13. The maximum atomic E-state index is 12.7. The Labute approximate surface area is 185 Å². The number of carbonyl (C=O) groups is 2. The number of H-pyrrole nitrogens is 1. The average molecular weight is 553 g/mol. The van der Waals surface area contributed by atoms with Gasteiger partial charge in [0, 0.05) is 12.6 Å². The second-order valence-electron chi connectivity index (χ2n) is 6.55. The number of nitrogens with one attached hydrogen (secondary N) is 2. The van der Waals surface area contributed by atoms with Gasteiger partial charge in [0.1, 0.15) is 18.9 Å². The maximum absolute atomic E-state index is 12.7. The highest BCUT2D eigenvalue weighted by Crippen LogP contribution is 2.29. The SMILES string of the molecule is O=C(OC[C@H]1O[C@@H](n2cc(I)c(=O)[nH]c2=O)C[C@@H]1NC(=O)C(F)(F)F)c1ccccc1. The minimum Gasteiger partial charge on any atom is -0.459 e. The van der Waals surface area contributed by atoms with Crippen LogP contribution in [-0.4, -0.2) is 46.4 Å². The van der Waals surface area contributed by atoms with Crippen LogP contribution < -0.4 is 16.6 Å². The van der Waals surface area contributed by atoms with Gasteiger partial charge in [-0.05, 0) is 34.7 Å². The third-order valence-corrected chi connectivity index (χ3v) is 5.20. The molecule has 2 aromatic rings. The molecule has 3 rings (SSSR count). The number of halogens is 4. The highest BCUT2D eigenvalue weighted by Gasteiger charge is 2.45. The lowest BCUT2D eigenvalue weighted by Crippen LogP contribution is -2.47. The predicted octanol–water partition coefficient (Wildman–Crippen LogP) is 1.33. The molecule has 1 aromatic carbocycles. The molecule has 166 valence electrons. The molecule has 2 N–H and O–H groups in total. The summed E-state index contributed by atoms with van der Waals surface area (Å²) in [5.41, 5.74) is -1.24. The molecule has 0 saturated carbocycles. The van der Waals surface area contributed by atoms with Crippen molar-refractivity contribution in [1.29, 1.82) is 0 Å². The van der Waals surface area contributed by atoms with Crippen LogP contribution >= 0.6 is 22.6 Å². The van der Waals surface area contributed by atoms with Crippen LogP contribution in [0.3, 0.4) is 0 Å². The van der Waals surface area contributed by atoms with E-state index in [9.17, 15) is 32.3 Å². The predicted molar refractivity (Wildman–Crippen MR) is 107 cm³/mol. The van der Waals surface area contributed by atoms with E-state index in [2.05, 4.69) is 4.98 Å². The molecule has 13 heteroatoms. The lowest BCUT2D eigenvalue weighted by Gasteiger charge is -2.20. The van der Waals surface area contributed by atoms with Crippen molar-refractivity contribution >= 4 is 34.5 Å². The van der Waals surface area contributed by atoms with Crippen molar-refractivity contribution in [1.82, 2.24) is 14.9 Å². The lowest BCUT2D eigenvalue weighted by molar-refractivity contribution is -0.174. The number of hydrogen-bond acceptors (Lipinski definition) is 6. The van der Waals surface area contributed by atoms with E-state index in [4.69, 9.17) is 9.47 Å². The van der Waals surface area contributed by atoms with Gasteiger partial charge in [0.15, 0.2) is 0 Å². The van der Waals surface area contributed by atoms with E-state index in [1.165, 1.54) is 18.3 Å². The fraction of sp³-hybridized carbons (Fsp3) is 0.333. The highest BCUT2D eigenvalue weighted by atomic mass is 127. The first kappa shape index (κ1) is 23.0. The Morgan fingerprint density at radius 2 is 1.94 bits per heavy atom. The molecule has 0 aliphatic carbocycles. The van der Waals surface area contributed by atoms with Crippen molar-refractivity contribution in [2.45, 2.75) is 31.0 Å². The molecule has 1 saturated heterocycles. The summed E-state index contributed by atoms with van der Waals surface area (Å²) < 4.78 is 50.0. The average Bonchev–Trinajstić information content (AvgIpc) is 3.11. The number of esters is 1. The zero-order valence-corrected chi connectivity index (χ0v) is 17.7. The van der Waals surface area contributed by atoms with E-state index in [0.29, 0.717) is 0 Å². The van der Waals surface area contributed by atoms with Gasteiger partial charge in [0.25, 0.3) is 5.56 Å². The van der Waals surface area contributed by atoms with Crippen molar-refractivity contribution in [3.8, 4) is 0 Å². The smallest absolute Gasteiger partial charge is 0.459 e. The normalized spacial score (nSPS) is 21.0. The van der Waals surface area contributed by atoms with Crippen molar-refractivity contribution in [3.63, 3.8) is 0 Å². The van der Waals surface area contributed by atoms with Crippen LogP contribution in [0, 0.1) is 3.57 Å². The lowest BCUT2D eigenvalue weighted by atomic mass is 10.1. The number of rotatable bonds is 5. The van der Waals surface area contributed by atoms with E-state index in [1.807, 2.05) is 5.32 Å². The summed E-state index contributed by atoms with van der Waals surface area (Å²) in [6.45, 7) is -0.470. The molecule has 0 bridgehead atoms. The Hall–Kier alpha value is -2.68. The summed E-state index contributed by atoms with van der Waals surface area (Å²) in [5, 5.41) is 1.81. The summed E-state index contributed by atoms with van der Waals surface area (Å²) in [6.07, 6.45) is -6.43. The Morgan fingerprint density at radius 3 is 2.58 bits per heavy atom. The molecule has 0 radical (unpaired) electrons. The Kier molecular flexibility index (Phi) is 6.83. The molecule has 1 amide bonds. The molecule has 9 nitrogen and oxygen atoms in total. The van der Waals surface area contributed by atoms with Crippen LogP contribution in [0.1, 0.15) is 23.0 Å². The molecule has 1 aromatic heterocycles. The summed E-state index contributed by atoms with van der Waals surface area (Å²) in [7, 11) is 0. The molecule has 1 fully saturated rings. The zero-order chi connectivity index (χ0) is 22.8. The molecule has 0 unspecified atom stereocenters. The largest absolute Gasteiger partial charge is 0.471 e. The highest BCUT2D eigenvalue weighted by molar-refractivity contribution is 14.1. The quantitative estimate of drug-likeness (QED) is 0.426. The molecule has 2 heterocycles. The number of alkyl halides is 3. The van der Waals surface area contributed by atoms with Crippen LogP contribution in [-0.2, 0) is 14.3 Å². The van der Waals surface area contributed by atoms with Gasteiger partial charge >= 0.3 is 23.7 Å². The first-order valence-corrected chi connectivity index (χ1v) is 9.90. The molecule has 0 spiro atoms. The third kappa shape index (κ3) is 5.52. The molecule has 3 atom stereocenters. The fourth-order valence-corrected chi connectivity index (χ4v) is 3.38. The first-order valence-electron chi connectivity index (χ1n) is 8.82. The topological polar surface area (TPSA) is 119 Å². The number of aromatic nitrogens is 2. The summed E-state index contributed by atoms with van der Waals surface area (Å²) >= 11 is 1.68. The van der Waals surface area contributed by atoms with Gasteiger partial charge in [-0.25, -0.2) is 9.59 Å². The van der Waals surface area contributed by atoms with Crippen LogP contribution in [0.15, 0.2) is 46.1 Å². The van der Waals surface area contributed by atoms with Gasteiger partial charge in [0.05, 0.1) is 15.2 Å². The number of benzene rings is 1. The number of nitrogens with zero attached hydrogens (tertiary/aromatic N) is 1. The third-order valence-electron chi connectivity index (χ3n) is 4.43. The van der Waals surface area contributed by atoms with Crippen LogP contribution in [0.25, 0.3) is 0 Å². The van der Waals surface area contributed by atoms with Crippen molar-refractivity contribution in [3.05, 3.63) is 66.5 Å². The summed E-state index contributed by atoms with van der Waals surface area (Å²) in [4.78, 5) is 49.3. The standard InChI is InChI=1S/C18H15F3IN3O6/c19-18(20,21)16(28)23-11-6-13(25-7-10(22)14(26)24-17(25)29)31-12(11)8-30-15(27)9-4-2-1-3-5-9/h1-5,7,11-13H,6,8H2,(H,23,28)(H,24,26,29)/t11-,12+,13+/m0/s1. The van der Waals surface area contributed by atoms with Crippen molar-refractivity contribution in [2.24, 2.45) is 0 Å². The molecule has 1 aliphatic heterocycles. The van der Waals surface area contributed by atoms with Crippen LogP contribution in [0.2, 0.25) is 0 Å². The molecule has 31 heavy (non-hydrogen) atoms. The second-order valence-corrected chi connectivity index (χ2v) is 7.71. The van der Waals surface area contributed by atoms with Crippen LogP contribution in [0.5, 0.6) is 0 Å². The van der Waals surface area contributed by atoms with E-state index in [0.717, 1.165) is 4.57 Å². The van der Waals surface area contributed by atoms with Gasteiger partial charge in [-0.2, -0.15) is 13.2 Å². The molecule has 1 aliphatic rings. The van der Waals surface area contributed by atoms with Crippen LogP contribution in [0.4, 0.5) is 13.2 Å². The number of aromatic amines is 1. The van der Waals surface area contributed by atoms with Crippen molar-refractivity contribution < 1.29 is 32.2 Å². The summed E-state index contributed by atoms with van der Waals surface area (Å²) in [5.74, 6) is -2.92. The van der Waals surface area contributed by atoms with E-state index in [-0.39, 0.29) is 15.6 Å². The van der Waals surface area contributed by atoms with E-state index >= 15 is 0 Å². The second kappa shape index (κ2) is 9.21. The molecular formula is C18H15F3IN3O6. The first-order chi connectivity index (χ1) is 14.6. The van der Waals surface area contributed by atoms with Gasteiger partial charge in [-0.1, -0.05) is 18.2 Å². The zero-order valence-electron chi connectivity index (χ0n) is 15.5.